The fourth-order valence-electron chi connectivity index (χ4n) is 4.56. The van der Waals surface area contributed by atoms with Crippen LogP contribution in [0, 0.1) is 5.92 Å². The number of anilines is 1. The molecule has 29 heavy (non-hydrogen) atoms. The van der Waals surface area contributed by atoms with Crippen LogP contribution in [0.25, 0.3) is 0 Å². The van der Waals surface area contributed by atoms with Crippen LogP contribution in [0.15, 0.2) is 48.5 Å². The molecule has 5 nitrogen and oxygen atoms in total. The van der Waals surface area contributed by atoms with Gasteiger partial charge in [-0.2, -0.15) is 0 Å². The topological polar surface area (TPSA) is 50.8 Å². The molecule has 1 heterocycles. The third kappa shape index (κ3) is 4.56. The quantitative estimate of drug-likeness (QED) is 0.794. The summed E-state index contributed by atoms with van der Waals surface area (Å²) in [7, 11) is 3.75. The number of benzene rings is 2. The van der Waals surface area contributed by atoms with Gasteiger partial charge in [0.25, 0.3) is 0 Å². The zero-order valence-electron chi connectivity index (χ0n) is 17.3. The number of hydrogen-bond donors (Lipinski definition) is 1. The molecule has 1 aliphatic carbocycles. The van der Waals surface area contributed by atoms with Gasteiger partial charge in [-0.15, -0.1) is 0 Å². The van der Waals surface area contributed by atoms with Gasteiger partial charge in [0.15, 0.2) is 11.5 Å². The van der Waals surface area contributed by atoms with E-state index in [9.17, 15) is 4.79 Å². The zero-order valence-corrected chi connectivity index (χ0v) is 17.3. The highest BCUT2D eigenvalue weighted by Gasteiger charge is 2.37. The second kappa shape index (κ2) is 8.87. The molecule has 0 unspecified atom stereocenters. The number of rotatable bonds is 6. The Kier molecular flexibility index (Phi) is 6.05. The molecule has 0 aromatic heterocycles. The van der Waals surface area contributed by atoms with Gasteiger partial charge in [-0.3, -0.25) is 4.79 Å². The number of ether oxygens (including phenoxy) is 2. The molecule has 0 spiro atoms. The maximum absolute atomic E-state index is 13.0. The van der Waals surface area contributed by atoms with Gasteiger partial charge in [0.05, 0.1) is 19.1 Å². The maximum Gasteiger partial charge on any atom is 0.229 e. The van der Waals surface area contributed by atoms with E-state index in [2.05, 4.69) is 29.4 Å². The van der Waals surface area contributed by atoms with Crippen molar-refractivity contribution in [3.8, 4) is 11.5 Å². The van der Waals surface area contributed by atoms with Crippen molar-refractivity contribution in [3.63, 3.8) is 0 Å². The molecule has 0 radical (unpaired) electrons. The number of carbonyl (C=O) groups is 1. The molecule has 1 amide bonds. The first-order valence-electron chi connectivity index (χ1n) is 10.5. The fraction of sp³-hybridized carbons (Fsp3) is 0.458. The van der Waals surface area contributed by atoms with Crippen molar-refractivity contribution in [2.75, 3.05) is 32.6 Å². The van der Waals surface area contributed by atoms with E-state index in [0.717, 1.165) is 48.7 Å². The largest absolute Gasteiger partial charge is 0.493 e. The molecule has 1 saturated heterocycles. The smallest absolute Gasteiger partial charge is 0.229 e. The van der Waals surface area contributed by atoms with E-state index in [0.29, 0.717) is 0 Å². The number of para-hydroxylation sites is 1. The standard InChI is InChI=1S/C24H30N2O3/c1-26-15-20(21(16-26)24(27)25-18-8-4-3-5-9-18)17-12-13-22(28-2)23(14-17)29-19-10-6-7-11-19/h3-5,8-9,12-14,19-21H,6-7,10-11,15-16H2,1-2H3,(H,25,27)/t20-,21+/m1/s1. The Bertz CT molecular complexity index is 833. The fourth-order valence-corrected chi connectivity index (χ4v) is 4.56. The Hall–Kier alpha value is -2.53. The Morgan fingerprint density at radius 2 is 1.79 bits per heavy atom. The van der Waals surface area contributed by atoms with Crippen LogP contribution in [0.2, 0.25) is 0 Å². The molecule has 1 saturated carbocycles. The molecule has 5 heteroatoms. The average molecular weight is 395 g/mol. The molecule has 1 aliphatic heterocycles. The number of likely N-dealkylation sites (tertiary alicyclic amines) is 1. The number of methoxy groups -OCH3 is 1. The summed E-state index contributed by atoms with van der Waals surface area (Å²) in [5, 5.41) is 3.08. The molecule has 2 aromatic carbocycles. The molecule has 0 bridgehead atoms. The van der Waals surface area contributed by atoms with Gasteiger partial charge in [-0.25, -0.2) is 0 Å². The van der Waals surface area contributed by atoms with Gasteiger partial charge >= 0.3 is 0 Å². The van der Waals surface area contributed by atoms with Crippen molar-refractivity contribution in [2.45, 2.75) is 37.7 Å². The maximum atomic E-state index is 13.0. The first-order valence-corrected chi connectivity index (χ1v) is 10.5. The lowest BCUT2D eigenvalue weighted by Gasteiger charge is -2.21. The summed E-state index contributed by atoms with van der Waals surface area (Å²) in [6, 6.07) is 15.8. The summed E-state index contributed by atoms with van der Waals surface area (Å²) >= 11 is 0. The number of amides is 1. The minimum absolute atomic E-state index is 0.0691. The summed E-state index contributed by atoms with van der Waals surface area (Å²) in [4.78, 5) is 15.3. The summed E-state index contributed by atoms with van der Waals surface area (Å²) in [5.74, 6) is 1.65. The Morgan fingerprint density at radius 3 is 2.52 bits per heavy atom. The highest BCUT2D eigenvalue weighted by molar-refractivity contribution is 5.93. The third-order valence-electron chi connectivity index (χ3n) is 6.09. The molecule has 4 rings (SSSR count). The van der Waals surface area contributed by atoms with Crippen LogP contribution in [-0.2, 0) is 4.79 Å². The van der Waals surface area contributed by atoms with Crippen LogP contribution < -0.4 is 14.8 Å². The molecule has 2 fully saturated rings. The number of nitrogens with zero attached hydrogens (tertiary/aromatic N) is 1. The highest BCUT2D eigenvalue weighted by atomic mass is 16.5. The monoisotopic (exact) mass is 394 g/mol. The second-order valence-corrected chi connectivity index (χ2v) is 8.22. The van der Waals surface area contributed by atoms with E-state index in [-0.39, 0.29) is 23.8 Å². The molecule has 2 atom stereocenters. The van der Waals surface area contributed by atoms with Gasteiger partial charge < -0.3 is 19.7 Å². The average Bonchev–Trinajstić information content (AvgIpc) is 3.38. The van der Waals surface area contributed by atoms with Crippen LogP contribution in [0.5, 0.6) is 11.5 Å². The molecular formula is C24H30N2O3. The zero-order chi connectivity index (χ0) is 20.2. The van der Waals surface area contributed by atoms with Crippen molar-refractivity contribution < 1.29 is 14.3 Å². The van der Waals surface area contributed by atoms with E-state index in [4.69, 9.17) is 9.47 Å². The van der Waals surface area contributed by atoms with Crippen LogP contribution in [-0.4, -0.2) is 44.2 Å². The minimum Gasteiger partial charge on any atom is -0.493 e. The Balaban J connectivity index is 1.55. The van der Waals surface area contributed by atoms with E-state index in [1.165, 1.54) is 12.8 Å². The minimum atomic E-state index is -0.104. The normalized spacial score (nSPS) is 22.6. The molecular weight excluding hydrogens is 364 g/mol. The number of hydrogen-bond acceptors (Lipinski definition) is 4. The van der Waals surface area contributed by atoms with Crippen molar-refractivity contribution in [2.24, 2.45) is 5.92 Å². The van der Waals surface area contributed by atoms with E-state index < -0.39 is 0 Å². The van der Waals surface area contributed by atoms with Crippen LogP contribution >= 0.6 is 0 Å². The summed E-state index contributed by atoms with van der Waals surface area (Å²) in [5.41, 5.74) is 1.97. The van der Waals surface area contributed by atoms with Crippen molar-refractivity contribution in [1.82, 2.24) is 4.90 Å². The van der Waals surface area contributed by atoms with E-state index in [1.807, 2.05) is 36.4 Å². The number of carbonyl (C=O) groups excluding carboxylic acids is 1. The van der Waals surface area contributed by atoms with Gasteiger partial charge in [0.1, 0.15) is 0 Å². The lowest BCUT2D eigenvalue weighted by Crippen LogP contribution is -2.28. The lowest BCUT2D eigenvalue weighted by molar-refractivity contribution is -0.119. The van der Waals surface area contributed by atoms with Gasteiger partial charge in [-0.05, 0) is 62.6 Å². The van der Waals surface area contributed by atoms with Crippen molar-refractivity contribution in [3.05, 3.63) is 54.1 Å². The van der Waals surface area contributed by atoms with Crippen molar-refractivity contribution >= 4 is 11.6 Å². The summed E-state index contributed by atoms with van der Waals surface area (Å²) in [6.07, 6.45) is 4.91. The van der Waals surface area contributed by atoms with Crippen LogP contribution in [0.4, 0.5) is 5.69 Å². The van der Waals surface area contributed by atoms with Gasteiger partial charge in [0, 0.05) is 24.7 Å². The Morgan fingerprint density at radius 1 is 1.03 bits per heavy atom. The second-order valence-electron chi connectivity index (χ2n) is 8.22. The summed E-state index contributed by atoms with van der Waals surface area (Å²) < 4.78 is 11.8. The van der Waals surface area contributed by atoms with Crippen LogP contribution in [0.3, 0.4) is 0 Å². The number of nitrogens with one attached hydrogen (secondary N) is 1. The molecule has 154 valence electrons. The van der Waals surface area contributed by atoms with E-state index in [1.54, 1.807) is 7.11 Å². The van der Waals surface area contributed by atoms with Gasteiger partial charge in [-0.1, -0.05) is 24.3 Å². The predicted octanol–water partition coefficient (Wildman–Crippen LogP) is 4.30. The SMILES string of the molecule is COc1ccc([C@H]2CN(C)C[C@@H]2C(=O)Nc2ccccc2)cc1OC1CCCC1. The van der Waals surface area contributed by atoms with Gasteiger partial charge in [0.2, 0.25) is 5.91 Å². The predicted molar refractivity (Wildman–Crippen MR) is 115 cm³/mol. The highest BCUT2D eigenvalue weighted by Crippen LogP contribution is 2.39. The molecule has 1 N–H and O–H groups in total. The first kappa shape index (κ1) is 19.8. The lowest BCUT2D eigenvalue weighted by atomic mass is 9.88. The van der Waals surface area contributed by atoms with Crippen LogP contribution in [0.1, 0.15) is 37.2 Å². The molecule has 2 aromatic rings. The molecule has 2 aliphatic rings. The third-order valence-corrected chi connectivity index (χ3v) is 6.09. The first-order chi connectivity index (χ1) is 14.1. The van der Waals surface area contributed by atoms with E-state index >= 15 is 0 Å². The van der Waals surface area contributed by atoms with Crippen molar-refractivity contribution in [1.29, 1.82) is 0 Å². The summed E-state index contributed by atoms with van der Waals surface area (Å²) in [6.45, 7) is 1.59. The number of likely N-dealkylation sites (N-methyl/N-ethyl adjacent to an activating group) is 1. The Labute approximate surface area is 173 Å².